The number of aliphatic hydroxyl groups excluding tert-OH is 1. The van der Waals surface area contributed by atoms with Crippen molar-refractivity contribution in [3.63, 3.8) is 0 Å². The summed E-state index contributed by atoms with van der Waals surface area (Å²) in [5, 5.41) is 12.3. The van der Waals surface area contributed by atoms with Crippen LogP contribution in [0.5, 0.6) is 5.75 Å². The van der Waals surface area contributed by atoms with E-state index in [0.717, 1.165) is 23.1 Å². The van der Waals surface area contributed by atoms with Gasteiger partial charge in [-0.2, -0.15) is 0 Å². The Hall–Kier alpha value is -3.68. The molecule has 1 aliphatic rings. The molecule has 4 aromatic rings. The van der Waals surface area contributed by atoms with Crippen molar-refractivity contribution in [3.8, 4) is 5.75 Å². The summed E-state index contributed by atoms with van der Waals surface area (Å²) in [4.78, 5) is 32.9. The lowest BCUT2D eigenvalue weighted by atomic mass is 9.95. The van der Waals surface area contributed by atoms with Gasteiger partial charge in [0.1, 0.15) is 11.5 Å². The van der Waals surface area contributed by atoms with Crippen LogP contribution in [0.1, 0.15) is 42.5 Å². The third kappa shape index (κ3) is 4.84. The number of aliphatic hydroxyl groups is 1. The minimum Gasteiger partial charge on any atom is -0.507 e. The number of rotatable bonds is 7. The molecule has 3 aromatic carbocycles. The number of aryl methyl sites for hydroxylation is 1. The van der Waals surface area contributed by atoms with Crippen LogP contribution < -0.4 is 9.64 Å². The highest BCUT2D eigenvalue weighted by atomic mass is 35.5. The molecule has 1 aromatic heterocycles. The van der Waals surface area contributed by atoms with Crippen LogP contribution in [0.25, 0.3) is 16.0 Å². The molecule has 188 valence electrons. The molecule has 37 heavy (non-hydrogen) atoms. The van der Waals surface area contributed by atoms with Gasteiger partial charge in [0.2, 0.25) is 0 Å². The van der Waals surface area contributed by atoms with Gasteiger partial charge in [-0.3, -0.25) is 14.5 Å². The van der Waals surface area contributed by atoms with Gasteiger partial charge < -0.3 is 9.84 Å². The second-order valence-corrected chi connectivity index (χ2v) is 10.4. The van der Waals surface area contributed by atoms with E-state index in [9.17, 15) is 14.7 Å². The monoisotopic (exact) mass is 532 g/mol. The van der Waals surface area contributed by atoms with E-state index < -0.39 is 17.7 Å². The first kappa shape index (κ1) is 25.0. The van der Waals surface area contributed by atoms with Crippen molar-refractivity contribution in [2.45, 2.75) is 32.7 Å². The second kappa shape index (κ2) is 10.4. The molecule has 0 spiro atoms. The predicted octanol–water partition coefficient (Wildman–Crippen LogP) is 7.06. The zero-order chi connectivity index (χ0) is 26.1. The van der Waals surface area contributed by atoms with Gasteiger partial charge in [-0.15, -0.1) is 0 Å². The number of ether oxygens (including phenoxy) is 1. The molecule has 1 saturated heterocycles. The molecule has 0 saturated carbocycles. The summed E-state index contributed by atoms with van der Waals surface area (Å²) in [7, 11) is 0. The van der Waals surface area contributed by atoms with Gasteiger partial charge in [0.15, 0.2) is 5.13 Å². The number of halogens is 1. The molecule has 1 aliphatic heterocycles. The molecule has 1 unspecified atom stereocenters. The van der Waals surface area contributed by atoms with E-state index in [0.29, 0.717) is 39.2 Å². The van der Waals surface area contributed by atoms with Crippen LogP contribution in [0, 0.1) is 6.92 Å². The number of carbonyl (C=O) groups excluding carboxylic acids is 2. The van der Waals surface area contributed by atoms with Crippen molar-refractivity contribution < 1.29 is 19.4 Å². The molecular weight excluding hydrogens is 508 g/mol. The number of carbonyl (C=O) groups is 2. The number of aromatic nitrogens is 1. The van der Waals surface area contributed by atoms with Crippen LogP contribution in [0.2, 0.25) is 5.02 Å². The van der Waals surface area contributed by atoms with Crippen LogP contribution in [0.15, 0.2) is 72.3 Å². The Bertz CT molecular complexity index is 1530. The van der Waals surface area contributed by atoms with Gasteiger partial charge in [-0.05, 0) is 49.2 Å². The minimum atomic E-state index is -0.846. The summed E-state index contributed by atoms with van der Waals surface area (Å²) in [5.41, 5.74) is 2.81. The minimum absolute atomic E-state index is 0.0110. The molecule has 0 radical (unpaired) electrons. The first-order chi connectivity index (χ1) is 17.9. The summed E-state index contributed by atoms with van der Waals surface area (Å²) in [5.74, 6) is -1.18. The number of nitrogens with zero attached hydrogens (tertiary/aromatic N) is 2. The van der Waals surface area contributed by atoms with Crippen molar-refractivity contribution in [3.05, 3.63) is 94.0 Å². The summed E-state index contributed by atoms with van der Waals surface area (Å²) < 4.78 is 6.59. The van der Waals surface area contributed by atoms with Gasteiger partial charge in [0.25, 0.3) is 5.78 Å². The molecule has 2 heterocycles. The van der Waals surface area contributed by atoms with E-state index in [1.165, 1.54) is 16.2 Å². The maximum absolute atomic E-state index is 13.4. The number of benzene rings is 3. The highest BCUT2D eigenvalue weighted by molar-refractivity contribution is 7.22. The zero-order valence-electron chi connectivity index (χ0n) is 20.4. The van der Waals surface area contributed by atoms with E-state index in [1.54, 1.807) is 42.5 Å². The van der Waals surface area contributed by atoms with Crippen LogP contribution in [0.3, 0.4) is 0 Å². The van der Waals surface area contributed by atoms with Crippen molar-refractivity contribution in [1.29, 1.82) is 0 Å². The Morgan fingerprint density at radius 2 is 1.89 bits per heavy atom. The third-order valence-corrected chi connectivity index (χ3v) is 7.51. The maximum Gasteiger partial charge on any atom is 0.301 e. The lowest BCUT2D eigenvalue weighted by Crippen LogP contribution is -2.29. The first-order valence-corrected chi connectivity index (χ1v) is 13.2. The van der Waals surface area contributed by atoms with E-state index in [2.05, 4.69) is 11.9 Å². The first-order valence-electron chi connectivity index (χ1n) is 12.0. The Kier molecular flexibility index (Phi) is 7.00. The molecule has 1 amide bonds. The maximum atomic E-state index is 13.4. The van der Waals surface area contributed by atoms with Crippen molar-refractivity contribution in [2.24, 2.45) is 0 Å². The number of ketones is 1. The van der Waals surface area contributed by atoms with Crippen LogP contribution >= 0.6 is 22.9 Å². The third-order valence-electron chi connectivity index (χ3n) is 6.26. The molecule has 1 N–H and O–H groups in total. The van der Waals surface area contributed by atoms with Gasteiger partial charge >= 0.3 is 5.91 Å². The predicted molar refractivity (Wildman–Crippen MR) is 147 cm³/mol. The van der Waals surface area contributed by atoms with Crippen LogP contribution in [-0.4, -0.2) is 28.4 Å². The number of thiazole rings is 1. The van der Waals surface area contributed by atoms with E-state index in [-0.39, 0.29) is 11.3 Å². The summed E-state index contributed by atoms with van der Waals surface area (Å²) in [6.45, 7) is 4.59. The fourth-order valence-corrected chi connectivity index (χ4v) is 5.57. The van der Waals surface area contributed by atoms with Gasteiger partial charge in [0, 0.05) is 10.6 Å². The summed E-state index contributed by atoms with van der Waals surface area (Å²) in [6.07, 6.45) is 1.90. The van der Waals surface area contributed by atoms with Crippen molar-refractivity contribution >= 4 is 55.7 Å². The number of fused-ring (bicyclic) bond motifs is 1. The lowest BCUT2D eigenvalue weighted by molar-refractivity contribution is -0.132. The molecule has 0 bridgehead atoms. The van der Waals surface area contributed by atoms with Crippen molar-refractivity contribution in [1.82, 2.24) is 4.98 Å². The molecule has 5 rings (SSSR count). The number of unbranched alkanes of at least 4 members (excludes halogenated alkanes) is 1. The Labute approximate surface area is 223 Å². The Balaban J connectivity index is 1.64. The summed E-state index contributed by atoms with van der Waals surface area (Å²) in [6, 6.07) is 18.9. The SMILES string of the molecule is CCCCOc1cccc(C(O)=C2C(=O)C(=O)N(c3nc4ccc(Cl)cc4s3)C2c2ccc(C)cc2)c1. The highest BCUT2D eigenvalue weighted by Crippen LogP contribution is 2.44. The fourth-order valence-electron chi connectivity index (χ4n) is 4.31. The number of amides is 1. The van der Waals surface area contributed by atoms with Crippen LogP contribution in [0.4, 0.5) is 5.13 Å². The lowest BCUT2D eigenvalue weighted by Gasteiger charge is -2.23. The van der Waals surface area contributed by atoms with Gasteiger partial charge in [0.05, 0.1) is 28.4 Å². The van der Waals surface area contributed by atoms with E-state index >= 15 is 0 Å². The number of hydrogen-bond donors (Lipinski definition) is 1. The quantitative estimate of drug-likeness (QED) is 0.119. The molecular formula is C29H25ClN2O4S. The largest absolute Gasteiger partial charge is 0.507 e. The van der Waals surface area contributed by atoms with E-state index in [1.807, 2.05) is 31.2 Å². The Morgan fingerprint density at radius 3 is 2.65 bits per heavy atom. The standard InChI is InChI=1S/C29H25ClN2O4S/c1-3-4-14-36-21-7-5-6-19(15-21)26(33)24-25(18-10-8-17(2)9-11-18)32(28(35)27(24)34)29-31-22-13-12-20(30)16-23(22)37-29/h5-13,15-16,25,33H,3-4,14H2,1-2H3. The average Bonchev–Trinajstić information content (AvgIpc) is 3.42. The fraction of sp³-hybridized carbons (Fsp3) is 0.207. The summed E-state index contributed by atoms with van der Waals surface area (Å²) >= 11 is 7.43. The molecule has 6 nitrogen and oxygen atoms in total. The number of anilines is 1. The highest BCUT2D eigenvalue weighted by Gasteiger charge is 2.48. The molecule has 8 heteroatoms. The van der Waals surface area contributed by atoms with Crippen molar-refractivity contribution in [2.75, 3.05) is 11.5 Å². The average molecular weight is 533 g/mol. The molecule has 1 atom stereocenters. The van der Waals surface area contributed by atoms with Crippen LogP contribution in [-0.2, 0) is 9.59 Å². The number of hydrogen-bond acceptors (Lipinski definition) is 6. The van der Waals surface area contributed by atoms with E-state index in [4.69, 9.17) is 16.3 Å². The smallest absolute Gasteiger partial charge is 0.301 e. The second-order valence-electron chi connectivity index (χ2n) is 8.92. The van der Waals surface area contributed by atoms with Gasteiger partial charge in [-0.25, -0.2) is 4.98 Å². The topological polar surface area (TPSA) is 79.7 Å². The zero-order valence-corrected chi connectivity index (χ0v) is 22.0. The van der Waals surface area contributed by atoms with Gasteiger partial charge in [-0.1, -0.05) is 78.2 Å². The molecule has 0 aliphatic carbocycles. The number of Topliss-reactive ketones (excluding diaryl/α,β-unsaturated/α-hetero) is 1. The Morgan fingerprint density at radius 1 is 1.11 bits per heavy atom. The molecule has 1 fully saturated rings. The normalized spacial score (nSPS) is 17.1.